The monoisotopic (exact) mass is 385 g/mol. The second-order valence-corrected chi connectivity index (χ2v) is 7.73. The minimum Gasteiger partial charge on any atom is -0.302 e. The first kappa shape index (κ1) is 16.9. The summed E-state index contributed by atoms with van der Waals surface area (Å²) in [6.07, 6.45) is 3.29. The van der Waals surface area contributed by atoms with Gasteiger partial charge >= 0.3 is 0 Å². The van der Waals surface area contributed by atoms with Crippen molar-refractivity contribution in [3.63, 3.8) is 0 Å². The third kappa shape index (κ3) is 3.27. The smallest absolute Gasteiger partial charge is 0.257 e. The number of nitrogens with one attached hydrogen (secondary N) is 1. The summed E-state index contributed by atoms with van der Waals surface area (Å²) >= 11 is 2.78. The molecule has 4 rings (SSSR count). The molecule has 0 fully saturated rings. The zero-order valence-corrected chi connectivity index (χ0v) is 15.5. The Morgan fingerprint density at radius 3 is 3.00 bits per heavy atom. The number of nitrogens with zero attached hydrogens (tertiary/aromatic N) is 4. The molecular weight excluding hydrogens is 370 g/mol. The van der Waals surface area contributed by atoms with Gasteiger partial charge in [0.25, 0.3) is 5.56 Å². The average Bonchev–Trinajstić information content (AvgIpc) is 3.14. The Morgan fingerprint density at radius 2 is 2.19 bits per heavy atom. The first-order valence-electron chi connectivity index (χ1n) is 7.99. The minimum absolute atomic E-state index is 0.0910. The summed E-state index contributed by atoms with van der Waals surface area (Å²) in [4.78, 5) is 37.8. The van der Waals surface area contributed by atoms with Gasteiger partial charge in [0.05, 0.1) is 11.6 Å². The Morgan fingerprint density at radius 1 is 1.31 bits per heavy atom. The molecule has 0 bridgehead atoms. The zero-order chi connectivity index (χ0) is 18.1. The van der Waals surface area contributed by atoms with Crippen molar-refractivity contribution in [3.05, 3.63) is 51.9 Å². The Hall–Kier alpha value is -2.52. The van der Waals surface area contributed by atoms with Crippen LogP contribution >= 0.6 is 23.1 Å². The highest BCUT2D eigenvalue weighted by molar-refractivity contribution is 7.99. The summed E-state index contributed by atoms with van der Waals surface area (Å²) in [6, 6.07) is 5.61. The number of amides is 1. The number of hydrogen-bond acceptors (Lipinski definition) is 7. The SMILES string of the molecule is Cc1cnc2n(c1=O)C[C@H](C(=O)Nc1nc(-c3ccccn3)cs1)CS2. The van der Waals surface area contributed by atoms with Crippen LogP contribution in [-0.4, -0.2) is 31.2 Å². The van der Waals surface area contributed by atoms with Crippen molar-refractivity contribution in [1.29, 1.82) is 0 Å². The molecule has 0 radical (unpaired) electrons. The molecule has 1 N–H and O–H groups in total. The van der Waals surface area contributed by atoms with Gasteiger partial charge in [-0.3, -0.25) is 19.1 Å². The molecule has 0 spiro atoms. The quantitative estimate of drug-likeness (QED) is 0.697. The van der Waals surface area contributed by atoms with E-state index in [1.807, 2.05) is 23.6 Å². The lowest BCUT2D eigenvalue weighted by molar-refractivity contribution is -0.119. The highest BCUT2D eigenvalue weighted by atomic mass is 32.2. The van der Waals surface area contributed by atoms with Gasteiger partial charge in [-0.2, -0.15) is 0 Å². The number of pyridine rings is 1. The summed E-state index contributed by atoms with van der Waals surface area (Å²) in [6.45, 7) is 2.06. The standard InChI is InChI=1S/C17H15N5O2S2/c1-10-6-19-17-22(15(10)24)7-11(8-26-17)14(23)21-16-20-13(9-25-16)12-4-2-3-5-18-12/h2-6,9,11H,7-8H2,1H3,(H,20,21,23)/t11-/m0/s1. The number of carbonyl (C=O) groups is 1. The van der Waals surface area contributed by atoms with Crippen molar-refractivity contribution in [2.45, 2.75) is 18.6 Å². The molecule has 3 aromatic heterocycles. The number of thiazole rings is 1. The Labute approximate surface area is 157 Å². The molecule has 0 unspecified atom stereocenters. The van der Waals surface area contributed by atoms with Crippen molar-refractivity contribution in [3.8, 4) is 11.4 Å². The van der Waals surface area contributed by atoms with Crippen molar-refractivity contribution < 1.29 is 4.79 Å². The molecule has 9 heteroatoms. The second-order valence-electron chi connectivity index (χ2n) is 5.89. The lowest BCUT2D eigenvalue weighted by Crippen LogP contribution is -2.37. The molecule has 4 heterocycles. The number of fused-ring (bicyclic) bond motifs is 1. The predicted molar refractivity (Wildman–Crippen MR) is 101 cm³/mol. The summed E-state index contributed by atoms with van der Waals surface area (Å²) < 4.78 is 1.58. The summed E-state index contributed by atoms with van der Waals surface area (Å²) in [5, 5.41) is 5.91. The van der Waals surface area contributed by atoms with Gasteiger partial charge in [0, 0.05) is 35.6 Å². The third-order valence-electron chi connectivity index (χ3n) is 4.03. The number of rotatable bonds is 3. The highest BCUT2D eigenvalue weighted by Crippen LogP contribution is 2.27. The molecule has 0 saturated heterocycles. The first-order valence-corrected chi connectivity index (χ1v) is 9.85. The summed E-state index contributed by atoms with van der Waals surface area (Å²) in [5.41, 5.74) is 1.98. The van der Waals surface area contributed by atoms with Crippen molar-refractivity contribution in [1.82, 2.24) is 19.5 Å². The molecule has 1 aliphatic rings. The van der Waals surface area contributed by atoms with Gasteiger partial charge in [0.15, 0.2) is 10.3 Å². The van der Waals surface area contributed by atoms with Crippen molar-refractivity contribution >= 4 is 34.1 Å². The molecule has 1 amide bonds. The number of aromatic nitrogens is 4. The van der Waals surface area contributed by atoms with Crippen LogP contribution in [0, 0.1) is 12.8 Å². The number of hydrogen-bond donors (Lipinski definition) is 1. The van der Waals surface area contributed by atoms with E-state index in [1.165, 1.54) is 23.1 Å². The Kier molecular flexibility index (Phi) is 4.56. The van der Waals surface area contributed by atoms with Crippen LogP contribution in [0.25, 0.3) is 11.4 Å². The van der Waals surface area contributed by atoms with Crippen LogP contribution in [0.4, 0.5) is 5.13 Å². The molecule has 0 aromatic carbocycles. The average molecular weight is 385 g/mol. The van der Waals surface area contributed by atoms with Crippen LogP contribution in [0.3, 0.4) is 0 Å². The van der Waals surface area contributed by atoms with E-state index >= 15 is 0 Å². The number of aryl methyl sites for hydroxylation is 1. The molecule has 3 aromatic rings. The van der Waals surface area contributed by atoms with E-state index in [0.717, 1.165) is 11.4 Å². The molecule has 7 nitrogen and oxygen atoms in total. The number of thioether (sulfide) groups is 1. The van der Waals surface area contributed by atoms with Gasteiger partial charge in [0.2, 0.25) is 5.91 Å². The van der Waals surface area contributed by atoms with E-state index in [9.17, 15) is 9.59 Å². The highest BCUT2D eigenvalue weighted by Gasteiger charge is 2.27. The fourth-order valence-electron chi connectivity index (χ4n) is 2.63. The topological polar surface area (TPSA) is 89.8 Å². The van der Waals surface area contributed by atoms with Crippen LogP contribution in [0.5, 0.6) is 0 Å². The summed E-state index contributed by atoms with van der Waals surface area (Å²) in [5.74, 6) is 0.134. The fraction of sp³-hybridized carbons (Fsp3) is 0.235. The van der Waals surface area contributed by atoms with E-state index < -0.39 is 0 Å². The Bertz CT molecular complexity index is 1020. The lowest BCUT2D eigenvalue weighted by atomic mass is 10.1. The van der Waals surface area contributed by atoms with Crippen LogP contribution in [0.2, 0.25) is 0 Å². The van der Waals surface area contributed by atoms with Gasteiger partial charge in [0.1, 0.15) is 5.69 Å². The largest absolute Gasteiger partial charge is 0.302 e. The van der Waals surface area contributed by atoms with Crippen LogP contribution in [0.15, 0.2) is 45.9 Å². The summed E-state index contributed by atoms with van der Waals surface area (Å²) in [7, 11) is 0. The van der Waals surface area contributed by atoms with Gasteiger partial charge in [-0.15, -0.1) is 11.3 Å². The van der Waals surface area contributed by atoms with E-state index in [2.05, 4.69) is 20.3 Å². The second kappa shape index (κ2) is 7.00. The number of anilines is 1. The molecule has 1 atom stereocenters. The molecular formula is C17H15N5O2S2. The maximum Gasteiger partial charge on any atom is 0.257 e. The van der Waals surface area contributed by atoms with Gasteiger partial charge in [-0.1, -0.05) is 17.8 Å². The molecule has 0 saturated carbocycles. The molecule has 1 aliphatic heterocycles. The van der Waals surface area contributed by atoms with Crippen LogP contribution in [-0.2, 0) is 11.3 Å². The maximum absolute atomic E-state index is 12.6. The van der Waals surface area contributed by atoms with Gasteiger partial charge < -0.3 is 5.32 Å². The first-order chi connectivity index (χ1) is 12.6. The maximum atomic E-state index is 12.6. The van der Waals surface area contributed by atoms with Crippen molar-refractivity contribution in [2.75, 3.05) is 11.1 Å². The normalized spacial score (nSPS) is 16.1. The minimum atomic E-state index is -0.309. The number of carbonyl (C=O) groups excluding carboxylic acids is 1. The van der Waals surface area contributed by atoms with E-state index in [-0.39, 0.29) is 17.4 Å². The van der Waals surface area contributed by atoms with E-state index in [4.69, 9.17) is 0 Å². The van der Waals surface area contributed by atoms with Crippen molar-refractivity contribution in [2.24, 2.45) is 5.92 Å². The lowest BCUT2D eigenvalue weighted by Gasteiger charge is -2.23. The molecule has 0 aliphatic carbocycles. The third-order valence-corrected chi connectivity index (χ3v) is 5.94. The van der Waals surface area contributed by atoms with E-state index in [0.29, 0.717) is 28.1 Å². The predicted octanol–water partition coefficient (Wildman–Crippen LogP) is 2.43. The Balaban J connectivity index is 1.49. The van der Waals surface area contributed by atoms with Gasteiger partial charge in [-0.05, 0) is 19.1 Å². The van der Waals surface area contributed by atoms with Gasteiger partial charge in [-0.25, -0.2) is 9.97 Å². The zero-order valence-electron chi connectivity index (χ0n) is 13.9. The fourth-order valence-corrected chi connectivity index (χ4v) is 4.39. The molecule has 132 valence electrons. The molecule has 26 heavy (non-hydrogen) atoms. The van der Waals surface area contributed by atoms with E-state index in [1.54, 1.807) is 23.9 Å². The van der Waals surface area contributed by atoms with Crippen LogP contribution < -0.4 is 10.9 Å². The van der Waals surface area contributed by atoms with Crippen LogP contribution in [0.1, 0.15) is 5.56 Å².